The fourth-order valence-corrected chi connectivity index (χ4v) is 4.82. The summed E-state index contributed by atoms with van der Waals surface area (Å²) in [5, 5.41) is 3.00. The van der Waals surface area contributed by atoms with Crippen LogP contribution >= 0.6 is 0 Å². The Bertz CT molecular complexity index is 729. The van der Waals surface area contributed by atoms with Gasteiger partial charge in [-0.1, -0.05) is 12.1 Å². The maximum absolute atomic E-state index is 13.1. The lowest BCUT2D eigenvalue weighted by Crippen LogP contribution is -2.48. The highest BCUT2D eigenvalue weighted by Gasteiger charge is 2.44. The molecule has 3 rings (SSSR count). The van der Waals surface area contributed by atoms with Gasteiger partial charge in [0.05, 0.1) is 5.75 Å². The SMILES string of the molecule is CS(=O)(=O)C[C@@H]1CCCN(C(=O)NCC2(c3ccc(F)cc3)CC2)C1. The Labute approximate surface area is 148 Å². The summed E-state index contributed by atoms with van der Waals surface area (Å²) in [6.45, 7) is 1.68. The van der Waals surface area contributed by atoms with Crippen LogP contribution in [-0.4, -0.2) is 51.0 Å². The molecule has 25 heavy (non-hydrogen) atoms. The molecule has 2 aliphatic rings. The van der Waals surface area contributed by atoms with Crippen molar-refractivity contribution in [3.63, 3.8) is 0 Å². The number of sulfone groups is 1. The number of hydrogen-bond acceptors (Lipinski definition) is 3. The molecular weight excluding hydrogens is 343 g/mol. The zero-order valence-corrected chi connectivity index (χ0v) is 15.3. The van der Waals surface area contributed by atoms with Gasteiger partial charge in [-0.3, -0.25) is 0 Å². The Morgan fingerprint density at radius 1 is 1.32 bits per heavy atom. The monoisotopic (exact) mass is 368 g/mol. The quantitative estimate of drug-likeness (QED) is 0.867. The zero-order valence-electron chi connectivity index (χ0n) is 14.5. The Morgan fingerprint density at radius 2 is 2.00 bits per heavy atom. The van der Waals surface area contributed by atoms with Crippen molar-refractivity contribution in [1.82, 2.24) is 10.2 Å². The van der Waals surface area contributed by atoms with Gasteiger partial charge >= 0.3 is 6.03 Å². The van der Waals surface area contributed by atoms with Crippen LogP contribution in [0.1, 0.15) is 31.2 Å². The molecular formula is C18H25FN2O3S. The number of halogens is 1. The van der Waals surface area contributed by atoms with Gasteiger partial charge in [0.25, 0.3) is 0 Å². The molecule has 0 bridgehead atoms. The summed E-state index contributed by atoms with van der Waals surface area (Å²) in [4.78, 5) is 14.2. The molecule has 1 saturated carbocycles. The lowest BCUT2D eigenvalue weighted by atomic mass is 9.96. The molecule has 1 aromatic rings. The molecule has 1 aromatic carbocycles. The van der Waals surface area contributed by atoms with Crippen LogP contribution in [0.2, 0.25) is 0 Å². The van der Waals surface area contributed by atoms with E-state index in [4.69, 9.17) is 0 Å². The molecule has 0 aromatic heterocycles. The van der Waals surface area contributed by atoms with Gasteiger partial charge in [0.1, 0.15) is 15.7 Å². The van der Waals surface area contributed by atoms with E-state index < -0.39 is 9.84 Å². The minimum atomic E-state index is -3.03. The fraction of sp³-hybridized carbons (Fsp3) is 0.611. The maximum atomic E-state index is 13.1. The van der Waals surface area contributed by atoms with Crippen LogP contribution < -0.4 is 5.32 Å². The molecule has 138 valence electrons. The van der Waals surface area contributed by atoms with Crippen LogP contribution in [0, 0.1) is 11.7 Å². The number of carbonyl (C=O) groups excluding carboxylic acids is 1. The number of amides is 2. The second-order valence-corrected chi connectivity index (χ2v) is 9.68. The van der Waals surface area contributed by atoms with E-state index in [1.165, 1.54) is 18.4 Å². The summed E-state index contributed by atoms with van der Waals surface area (Å²) in [7, 11) is -3.03. The smallest absolute Gasteiger partial charge is 0.317 e. The number of nitrogens with one attached hydrogen (secondary N) is 1. The molecule has 2 fully saturated rings. The molecule has 7 heteroatoms. The van der Waals surface area contributed by atoms with Crippen molar-refractivity contribution in [2.24, 2.45) is 5.92 Å². The summed E-state index contributed by atoms with van der Waals surface area (Å²) in [5.74, 6) is -0.105. The fourth-order valence-electron chi connectivity index (χ4n) is 3.69. The molecule has 5 nitrogen and oxygen atoms in total. The number of benzene rings is 1. The Kier molecular flexibility index (Phi) is 5.04. The van der Waals surface area contributed by atoms with Crippen molar-refractivity contribution in [2.75, 3.05) is 31.6 Å². The Hall–Kier alpha value is -1.63. The van der Waals surface area contributed by atoms with Crippen molar-refractivity contribution >= 4 is 15.9 Å². The second kappa shape index (κ2) is 6.94. The number of nitrogens with zero attached hydrogens (tertiary/aromatic N) is 1. The van der Waals surface area contributed by atoms with E-state index in [-0.39, 0.29) is 28.9 Å². The molecule has 1 saturated heterocycles. The molecule has 1 aliphatic carbocycles. The molecule has 1 N–H and O–H groups in total. The van der Waals surface area contributed by atoms with Gasteiger partial charge in [-0.2, -0.15) is 0 Å². The van der Waals surface area contributed by atoms with E-state index in [0.717, 1.165) is 31.2 Å². The highest BCUT2D eigenvalue weighted by molar-refractivity contribution is 7.90. The largest absolute Gasteiger partial charge is 0.337 e. The summed E-state index contributed by atoms with van der Waals surface area (Å²) < 4.78 is 36.0. The van der Waals surface area contributed by atoms with Gasteiger partial charge in [-0.15, -0.1) is 0 Å². The lowest BCUT2D eigenvalue weighted by molar-refractivity contribution is 0.169. The summed E-state index contributed by atoms with van der Waals surface area (Å²) in [6.07, 6.45) is 4.88. The first-order chi connectivity index (χ1) is 11.8. The van der Waals surface area contributed by atoms with Crippen LogP contribution in [0.25, 0.3) is 0 Å². The molecule has 0 spiro atoms. The zero-order chi connectivity index (χ0) is 18.1. The summed E-state index contributed by atoms with van der Waals surface area (Å²) >= 11 is 0. The van der Waals surface area contributed by atoms with E-state index in [9.17, 15) is 17.6 Å². The van der Waals surface area contributed by atoms with E-state index in [1.807, 2.05) is 0 Å². The first-order valence-electron chi connectivity index (χ1n) is 8.74. The van der Waals surface area contributed by atoms with Crippen LogP contribution in [0.3, 0.4) is 0 Å². The van der Waals surface area contributed by atoms with Crippen molar-refractivity contribution in [3.8, 4) is 0 Å². The van der Waals surface area contributed by atoms with Gasteiger partial charge in [0, 0.05) is 31.3 Å². The Balaban J connectivity index is 1.54. The van der Waals surface area contributed by atoms with Crippen LogP contribution in [0.15, 0.2) is 24.3 Å². The van der Waals surface area contributed by atoms with Gasteiger partial charge in [0.15, 0.2) is 0 Å². The minimum absolute atomic E-state index is 0.0153. The third-order valence-electron chi connectivity index (χ3n) is 5.23. The molecule has 2 amide bonds. The second-order valence-electron chi connectivity index (χ2n) is 7.49. The molecule has 1 atom stereocenters. The molecule has 0 unspecified atom stereocenters. The number of rotatable bonds is 5. The van der Waals surface area contributed by atoms with Gasteiger partial charge in [-0.25, -0.2) is 17.6 Å². The van der Waals surface area contributed by atoms with Gasteiger partial charge in [-0.05, 0) is 49.3 Å². The topological polar surface area (TPSA) is 66.5 Å². The van der Waals surface area contributed by atoms with E-state index >= 15 is 0 Å². The van der Waals surface area contributed by atoms with Crippen molar-refractivity contribution < 1.29 is 17.6 Å². The van der Waals surface area contributed by atoms with E-state index in [2.05, 4.69) is 5.32 Å². The number of urea groups is 1. The predicted octanol–water partition coefficient (Wildman–Crippen LogP) is 2.32. The molecule has 1 heterocycles. The third-order valence-corrected chi connectivity index (χ3v) is 6.31. The number of piperidine rings is 1. The van der Waals surface area contributed by atoms with Crippen molar-refractivity contribution in [1.29, 1.82) is 0 Å². The number of carbonyl (C=O) groups is 1. The standard InChI is InChI=1S/C18H25FN2O3S/c1-25(23,24)12-14-3-2-10-21(11-14)17(22)20-13-18(8-9-18)15-4-6-16(19)7-5-15/h4-7,14H,2-3,8-13H2,1H3,(H,20,22)/t14-/m1/s1. The Morgan fingerprint density at radius 3 is 2.60 bits per heavy atom. The number of hydrogen-bond donors (Lipinski definition) is 1. The summed E-state index contributed by atoms with van der Waals surface area (Å²) in [6, 6.07) is 6.36. The van der Waals surface area contributed by atoms with Crippen molar-refractivity contribution in [3.05, 3.63) is 35.6 Å². The van der Waals surface area contributed by atoms with Crippen LogP contribution in [-0.2, 0) is 15.3 Å². The maximum Gasteiger partial charge on any atom is 0.317 e. The normalized spacial score (nSPS) is 22.5. The highest BCUT2D eigenvalue weighted by atomic mass is 32.2. The van der Waals surface area contributed by atoms with Crippen LogP contribution in [0.4, 0.5) is 9.18 Å². The van der Waals surface area contributed by atoms with Crippen molar-refractivity contribution in [2.45, 2.75) is 31.1 Å². The van der Waals surface area contributed by atoms with E-state index in [0.29, 0.717) is 19.6 Å². The summed E-state index contributed by atoms with van der Waals surface area (Å²) in [5.41, 5.74) is 0.980. The van der Waals surface area contributed by atoms with Gasteiger partial charge in [0.2, 0.25) is 0 Å². The van der Waals surface area contributed by atoms with Gasteiger partial charge < -0.3 is 10.2 Å². The minimum Gasteiger partial charge on any atom is -0.337 e. The van der Waals surface area contributed by atoms with Crippen LogP contribution in [0.5, 0.6) is 0 Å². The highest BCUT2D eigenvalue weighted by Crippen LogP contribution is 2.47. The predicted molar refractivity (Wildman–Crippen MR) is 94.7 cm³/mol. The first-order valence-corrected chi connectivity index (χ1v) is 10.8. The van der Waals surface area contributed by atoms with E-state index in [1.54, 1.807) is 17.0 Å². The average Bonchev–Trinajstić information content (AvgIpc) is 3.33. The molecule has 1 aliphatic heterocycles. The number of likely N-dealkylation sites (tertiary alicyclic amines) is 1. The molecule has 0 radical (unpaired) electrons. The first kappa shape index (κ1) is 18.2. The lowest BCUT2D eigenvalue weighted by Gasteiger charge is -2.33. The average molecular weight is 368 g/mol. The third kappa shape index (κ3) is 4.71.